The van der Waals surface area contributed by atoms with Crippen molar-refractivity contribution in [3.63, 3.8) is 0 Å². The Bertz CT molecular complexity index is 866. The molecule has 0 N–H and O–H groups in total. The molecule has 0 aromatic heterocycles. The molecule has 0 spiro atoms. The van der Waals surface area contributed by atoms with E-state index in [9.17, 15) is 4.79 Å². The second-order valence-electron chi connectivity index (χ2n) is 5.65. The first kappa shape index (κ1) is 15.0. The molecule has 0 aliphatic carbocycles. The first-order chi connectivity index (χ1) is 11.1. The molecule has 2 nitrogen and oxygen atoms in total. The third-order valence-corrected chi connectivity index (χ3v) is 3.64. The highest BCUT2D eigenvalue weighted by Crippen LogP contribution is 2.20. The summed E-state index contributed by atoms with van der Waals surface area (Å²) < 4.78 is 5.38. The average Bonchev–Trinajstić information content (AvgIpc) is 2.52. The molecule has 0 aliphatic heterocycles. The largest absolute Gasteiger partial charge is 0.423 e. The fraction of sp³-hybridized carbons (Fsp3) is 0.0952. The van der Waals surface area contributed by atoms with E-state index >= 15 is 0 Å². The molecule has 0 unspecified atom stereocenters. The van der Waals surface area contributed by atoms with Crippen molar-refractivity contribution >= 4 is 22.8 Å². The second-order valence-corrected chi connectivity index (χ2v) is 5.65. The van der Waals surface area contributed by atoms with Crippen LogP contribution in [-0.4, -0.2) is 5.97 Å². The summed E-state index contributed by atoms with van der Waals surface area (Å²) in [6, 6.07) is 19.9. The van der Waals surface area contributed by atoms with Crippen molar-refractivity contribution in [3.8, 4) is 5.75 Å². The normalized spacial score (nSPS) is 11.0. The third kappa shape index (κ3) is 3.67. The fourth-order valence-corrected chi connectivity index (χ4v) is 2.70. The molecule has 0 amide bonds. The van der Waals surface area contributed by atoms with Crippen molar-refractivity contribution < 1.29 is 9.53 Å². The number of fused-ring (bicyclic) bond motifs is 1. The highest BCUT2D eigenvalue weighted by Gasteiger charge is 2.03. The molecule has 0 heterocycles. The quantitative estimate of drug-likeness (QED) is 0.383. The number of ether oxygens (including phenoxy) is 1. The molecule has 2 heteroatoms. The number of hydrogen-bond donors (Lipinski definition) is 0. The van der Waals surface area contributed by atoms with Gasteiger partial charge in [0.1, 0.15) is 5.75 Å². The van der Waals surface area contributed by atoms with Crippen LogP contribution < -0.4 is 4.74 Å². The summed E-state index contributed by atoms with van der Waals surface area (Å²) in [6.07, 6.45) is 3.27. The van der Waals surface area contributed by atoms with Crippen LogP contribution in [0.25, 0.3) is 16.8 Å². The molecule has 114 valence electrons. The number of aryl methyl sites for hydroxylation is 2. The summed E-state index contributed by atoms with van der Waals surface area (Å²) >= 11 is 0. The minimum atomic E-state index is -0.372. The van der Waals surface area contributed by atoms with Crippen LogP contribution >= 0.6 is 0 Å². The summed E-state index contributed by atoms with van der Waals surface area (Å²) in [5.74, 6) is 0.206. The van der Waals surface area contributed by atoms with Crippen LogP contribution in [0.4, 0.5) is 0 Å². The zero-order valence-electron chi connectivity index (χ0n) is 13.2. The molecule has 0 aliphatic rings. The molecule has 0 saturated carbocycles. The van der Waals surface area contributed by atoms with Gasteiger partial charge in [0.2, 0.25) is 0 Å². The molecule has 0 atom stereocenters. The van der Waals surface area contributed by atoms with Crippen LogP contribution in [0.1, 0.15) is 16.7 Å². The summed E-state index contributed by atoms with van der Waals surface area (Å²) in [4.78, 5) is 12.0. The van der Waals surface area contributed by atoms with Crippen LogP contribution in [-0.2, 0) is 4.79 Å². The van der Waals surface area contributed by atoms with Crippen LogP contribution in [0.2, 0.25) is 0 Å². The maximum atomic E-state index is 12.0. The van der Waals surface area contributed by atoms with Crippen LogP contribution in [0.15, 0.2) is 66.7 Å². The molecule has 0 fully saturated rings. The Kier molecular flexibility index (Phi) is 4.24. The van der Waals surface area contributed by atoms with E-state index in [4.69, 9.17) is 4.74 Å². The van der Waals surface area contributed by atoms with Gasteiger partial charge in [0, 0.05) is 6.08 Å². The summed E-state index contributed by atoms with van der Waals surface area (Å²) in [7, 11) is 0. The van der Waals surface area contributed by atoms with Gasteiger partial charge in [-0.3, -0.25) is 0 Å². The molecule has 0 saturated heterocycles. The lowest BCUT2D eigenvalue weighted by Crippen LogP contribution is -2.04. The van der Waals surface area contributed by atoms with Gasteiger partial charge in [-0.1, -0.05) is 48.5 Å². The van der Waals surface area contributed by atoms with Gasteiger partial charge >= 0.3 is 5.97 Å². The van der Waals surface area contributed by atoms with Gasteiger partial charge in [-0.25, -0.2) is 4.79 Å². The Morgan fingerprint density at radius 3 is 2.39 bits per heavy atom. The average molecular weight is 302 g/mol. The second kappa shape index (κ2) is 6.49. The monoisotopic (exact) mass is 302 g/mol. The third-order valence-electron chi connectivity index (χ3n) is 3.64. The van der Waals surface area contributed by atoms with Gasteiger partial charge < -0.3 is 4.74 Å². The van der Waals surface area contributed by atoms with E-state index in [0.717, 1.165) is 27.5 Å². The van der Waals surface area contributed by atoms with Crippen molar-refractivity contribution in [1.82, 2.24) is 0 Å². The molecule has 0 bridgehead atoms. The van der Waals surface area contributed by atoms with Crippen LogP contribution in [0.5, 0.6) is 5.75 Å². The maximum absolute atomic E-state index is 12.0. The number of rotatable bonds is 3. The summed E-state index contributed by atoms with van der Waals surface area (Å²) in [5, 5.41) is 2.27. The molecular weight excluding hydrogens is 284 g/mol. The zero-order chi connectivity index (χ0) is 16.2. The molecule has 3 aromatic carbocycles. The molecule has 23 heavy (non-hydrogen) atoms. The van der Waals surface area contributed by atoms with E-state index in [1.165, 1.54) is 6.08 Å². The van der Waals surface area contributed by atoms with E-state index < -0.39 is 0 Å². The van der Waals surface area contributed by atoms with Crippen LogP contribution in [0, 0.1) is 13.8 Å². The van der Waals surface area contributed by atoms with Gasteiger partial charge in [-0.2, -0.15) is 0 Å². The van der Waals surface area contributed by atoms with E-state index in [1.807, 2.05) is 62.4 Å². The predicted octanol–water partition coefficient (Wildman–Crippen LogP) is 5.08. The molecule has 3 rings (SSSR count). The Morgan fingerprint density at radius 1 is 0.913 bits per heavy atom. The molecule has 3 aromatic rings. The zero-order valence-corrected chi connectivity index (χ0v) is 13.2. The van der Waals surface area contributed by atoms with Gasteiger partial charge in [0.05, 0.1) is 0 Å². The Hall–Kier alpha value is -2.87. The van der Waals surface area contributed by atoms with Gasteiger partial charge in [0.15, 0.2) is 0 Å². The number of benzene rings is 3. The SMILES string of the molecule is Cc1cc(C)cc(OC(=O)/C=C/c2cccc3ccccc23)c1. The van der Waals surface area contributed by atoms with Gasteiger partial charge in [-0.05, 0) is 59.5 Å². The minimum absolute atomic E-state index is 0.372. The topological polar surface area (TPSA) is 26.3 Å². The predicted molar refractivity (Wildman–Crippen MR) is 94.5 cm³/mol. The number of hydrogen-bond acceptors (Lipinski definition) is 2. The van der Waals surface area contributed by atoms with Crippen molar-refractivity contribution in [2.75, 3.05) is 0 Å². The highest BCUT2D eigenvalue weighted by atomic mass is 16.5. The Morgan fingerprint density at radius 2 is 1.61 bits per heavy atom. The van der Waals surface area contributed by atoms with Crippen molar-refractivity contribution in [2.45, 2.75) is 13.8 Å². The van der Waals surface area contributed by atoms with E-state index in [1.54, 1.807) is 6.08 Å². The summed E-state index contributed by atoms with van der Waals surface area (Å²) in [5.41, 5.74) is 3.15. The van der Waals surface area contributed by atoms with Gasteiger partial charge in [-0.15, -0.1) is 0 Å². The molecule has 0 radical (unpaired) electrons. The minimum Gasteiger partial charge on any atom is -0.423 e. The number of esters is 1. The standard InChI is InChI=1S/C21H18O2/c1-15-12-16(2)14-19(13-15)23-21(22)11-10-18-8-5-7-17-6-3-4-9-20(17)18/h3-14H,1-2H3/b11-10+. The lowest BCUT2D eigenvalue weighted by molar-refractivity contribution is -0.128. The fourth-order valence-electron chi connectivity index (χ4n) is 2.70. The lowest BCUT2D eigenvalue weighted by Gasteiger charge is -2.05. The summed E-state index contributed by atoms with van der Waals surface area (Å²) in [6.45, 7) is 3.96. The lowest BCUT2D eigenvalue weighted by atomic mass is 10.0. The Balaban J connectivity index is 1.80. The smallest absolute Gasteiger partial charge is 0.336 e. The van der Waals surface area contributed by atoms with E-state index in [0.29, 0.717) is 5.75 Å². The highest BCUT2D eigenvalue weighted by molar-refractivity contribution is 5.95. The maximum Gasteiger partial charge on any atom is 0.336 e. The number of carbonyl (C=O) groups is 1. The van der Waals surface area contributed by atoms with E-state index in [-0.39, 0.29) is 5.97 Å². The van der Waals surface area contributed by atoms with Crippen molar-refractivity contribution in [1.29, 1.82) is 0 Å². The van der Waals surface area contributed by atoms with Crippen molar-refractivity contribution in [2.24, 2.45) is 0 Å². The van der Waals surface area contributed by atoms with Gasteiger partial charge in [0.25, 0.3) is 0 Å². The Labute approximate surface area is 136 Å². The number of carbonyl (C=O) groups excluding carboxylic acids is 1. The van der Waals surface area contributed by atoms with Crippen LogP contribution in [0.3, 0.4) is 0 Å². The molecular formula is C21H18O2. The first-order valence-corrected chi connectivity index (χ1v) is 7.58. The van der Waals surface area contributed by atoms with Crippen molar-refractivity contribution in [3.05, 3.63) is 83.4 Å². The van der Waals surface area contributed by atoms with E-state index in [2.05, 4.69) is 12.1 Å². The first-order valence-electron chi connectivity index (χ1n) is 7.58.